The predicted octanol–water partition coefficient (Wildman–Crippen LogP) is 12.8. The van der Waals surface area contributed by atoms with Crippen molar-refractivity contribution in [3.05, 3.63) is 0 Å². The van der Waals surface area contributed by atoms with Crippen molar-refractivity contribution in [2.24, 2.45) is 0 Å². The molecule has 0 aromatic heterocycles. The average Bonchev–Trinajstić information content (AvgIpc) is 1.70. The number of hydrogen-bond acceptors (Lipinski definition) is 18. The number of amides is 1. The van der Waals surface area contributed by atoms with E-state index in [4.69, 9.17) is 115 Å². The van der Waals surface area contributed by atoms with E-state index in [1.54, 1.807) is 0 Å². The van der Waals surface area contributed by atoms with Crippen molar-refractivity contribution >= 4 is 45.1 Å². The number of carbonyl (C=O) groups excluding carboxylic acids is 1. The zero-order valence-electron chi connectivity index (χ0n) is 68.5. The van der Waals surface area contributed by atoms with Crippen LogP contribution in [0.5, 0.6) is 0 Å². The van der Waals surface area contributed by atoms with Gasteiger partial charge in [0.2, 0.25) is 5.91 Å². The minimum Gasteiger partial charge on any atom is -0.388 e. The molecule has 24 heteroatoms. The van der Waals surface area contributed by atoms with Crippen molar-refractivity contribution in [2.75, 3.05) is 52.9 Å². The van der Waals surface area contributed by atoms with E-state index in [0.717, 1.165) is 38.9 Å². The van der Waals surface area contributed by atoms with E-state index in [9.17, 15) is 9.90 Å². The number of ether oxygens (including phenoxy) is 16. The highest BCUT2D eigenvalue weighted by atomic mass is 16.6. The lowest BCUT2D eigenvalue weighted by Gasteiger charge is -2.31. The molecule has 0 aromatic carbocycles. The van der Waals surface area contributed by atoms with Crippen molar-refractivity contribution < 1.29 is 85.7 Å². The molecule has 2 aliphatic rings. The topological polar surface area (TPSA) is 197 Å². The summed E-state index contributed by atoms with van der Waals surface area (Å²) in [5.74, 6) is -0.190. The molecular formula is C74H152B5NO18. The van der Waals surface area contributed by atoms with Crippen LogP contribution in [-0.4, -0.2) is 261 Å². The van der Waals surface area contributed by atoms with Gasteiger partial charge in [-0.3, -0.25) is 4.79 Å². The molecule has 0 bridgehead atoms. The van der Waals surface area contributed by atoms with Gasteiger partial charge in [0.25, 0.3) is 0 Å². The Morgan fingerprint density at radius 3 is 1.28 bits per heavy atom. The number of rotatable bonds is 44. The second kappa shape index (κ2) is 64.5. The highest BCUT2D eigenvalue weighted by Gasteiger charge is 2.42. The third-order valence-corrected chi connectivity index (χ3v) is 12.9. The zero-order chi connectivity index (χ0) is 76.8. The van der Waals surface area contributed by atoms with Gasteiger partial charge in [0.1, 0.15) is 46.2 Å². The average molecular weight is 1400 g/mol. The summed E-state index contributed by atoms with van der Waals surface area (Å²) in [4.78, 5) is 11.2. The first-order valence-corrected chi connectivity index (χ1v) is 37.2. The molecule has 2 rings (SSSR count). The monoisotopic (exact) mass is 1400 g/mol. The summed E-state index contributed by atoms with van der Waals surface area (Å²) < 4.78 is 88.5. The van der Waals surface area contributed by atoms with E-state index < -0.39 is 24.3 Å². The maximum atomic E-state index is 11.2. The van der Waals surface area contributed by atoms with E-state index in [0.29, 0.717) is 82.8 Å². The fraction of sp³-hybridized carbons (Fsp3) is 0.986. The second-order valence-corrected chi connectivity index (χ2v) is 29.0. The van der Waals surface area contributed by atoms with E-state index in [-0.39, 0.29) is 115 Å². The van der Waals surface area contributed by atoms with Gasteiger partial charge in [0.15, 0.2) is 0 Å². The van der Waals surface area contributed by atoms with Crippen LogP contribution in [0.2, 0.25) is 19.0 Å². The minimum atomic E-state index is -0.726. The third kappa shape index (κ3) is 68.2. The first-order chi connectivity index (χ1) is 45.4. The van der Waals surface area contributed by atoms with Crippen LogP contribution in [-0.2, 0) is 80.6 Å². The maximum Gasteiger partial charge on any atom is 0.211 e. The first kappa shape index (κ1) is 106. The van der Waals surface area contributed by atoms with Gasteiger partial charge >= 0.3 is 0 Å². The number of aliphatic hydroxyl groups is 1. The van der Waals surface area contributed by atoms with Gasteiger partial charge in [-0.05, 0) is 226 Å². The standard InChI is InChI=1S/C12H26O2.C11H22BNO3.C11H21BO4.C11H24O2.C10H19BO3.C10H21BO2.C9H19BO2/c1-6-7-12(14-11(4)5)8-9-13-10(2)3;1-8(2)15-6-10(7-16-9(3)4)13-11(14)5-12;1-6(2)14-5-8-9(13)10(11(12)16-8)15-7(3)4;1-6-7-11(13-10(4)5)8-12-9(2)3;1-6(2)13-8-5-12-10(11)9(8)14-7(3)4;1-8(2)12-7-10(5,6-11)13-9(3)4;1-7(2)11-6-9(5-10)12-8(3)4/h10-12H,6-9H2,1-5H3;8-10H,5-7H2,1-4H3,(H,13,14);6-11,13H,5H2,1-4H3;9-11H,6-8H2,1-5H3;6-10H,5H2,1-4H3;8-9H,6-7H2,1-5H3;7-9H,5-6H2,1-4H3/t;;8-,9?,10+,11-;;8?,9-,10+;;/m..1.0../s1. The van der Waals surface area contributed by atoms with Crippen LogP contribution in [0.1, 0.15) is 247 Å². The number of nitrogens with one attached hydrogen (secondary N) is 1. The highest BCUT2D eigenvalue weighted by Crippen LogP contribution is 2.25. The summed E-state index contributed by atoms with van der Waals surface area (Å²) in [6.45, 7) is 66.8. The van der Waals surface area contributed by atoms with Gasteiger partial charge in [-0.25, -0.2) is 0 Å². The molecule has 6 unspecified atom stereocenters. The molecular weight excluding hydrogens is 1240 g/mol. The number of hydrogen-bond donors (Lipinski definition) is 2. The molecule has 0 saturated carbocycles. The number of carbonyl (C=O) groups is 1. The Hall–Kier alpha value is -0.885. The summed E-state index contributed by atoms with van der Waals surface area (Å²) >= 11 is 0. The summed E-state index contributed by atoms with van der Waals surface area (Å²) in [6.07, 6.45) is 8.30. The van der Waals surface area contributed by atoms with Crippen molar-refractivity contribution in [2.45, 2.75) is 424 Å². The molecule has 0 spiro atoms. The molecule has 576 valence electrons. The summed E-state index contributed by atoms with van der Waals surface area (Å²) in [6, 6.07) is -1.08. The van der Waals surface area contributed by atoms with Gasteiger partial charge in [-0.15, -0.1) is 0 Å². The Bertz CT molecular complexity index is 1720. The minimum absolute atomic E-state index is 0.0130. The Morgan fingerprint density at radius 2 is 0.888 bits per heavy atom. The smallest absolute Gasteiger partial charge is 0.211 e. The normalized spacial score (nSPS) is 20.1. The van der Waals surface area contributed by atoms with Crippen molar-refractivity contribution in [3.63, 3.8) is 0 Å². The molecule has 1 amide bonds. The molecule has 2 heterocycles. The Balaban J connectivity index is -0.000000344. The van der Waals surface area contributed by atoms with Crippen LogP contribution in [0.3, 0.4) is 0 Å². The summed E-state index contributed by atoms with van der Waals surface area (Å²) in [5.41, 5.74) is -0.349. The van der Waals surface area contributed by atoms with E-state index in [1.165, 1.54) is 6.42 Å². The summed E-state index contributed by atoms with van der Waals surface area (Å²) in [5, 5.41) is 12.7. The molecule has 98 heavy (non-hydrogen) atoms. The van der Waals surface area contributed by atoms with Crippen molar-refractivity contribution in [1.82, 2.24) is 5.32 Å². The largest absolute Gasteiger partial charge is 0.388 e. The van der Waals surface area contributed by atoms with Gasteiger partial charge in [0.05, 0.1) is 185 Å². The van der Waals surface area contributed by atoms with Crippen molar-refractivity contribution in [1.29, 1.82) is 0 Å². The number of aliphatic hydroxyl groups excluding tert-OH is 1. The molecule has 19 nitrogen and oxygen atoms in total. The van der Waals surface area contributed by atoms with Crippen LogP contribution in [0.25, 0.3) is 0 Å². The second-order valence-electron chi connectivity index (χ2n) is 29.0. The van der Waals surface area contributed by atoms with E-state index in [1.807, 2.05) is 145 Å². The quantitative estimate of drug-likeness (QED) is 0.0546. The molecule has 0 aliphatic carbocycles. The first-order valence-electron chi connectivity index (χ1n) is 37.2. The lowest BCUT2D eigenvalue weighted by molar-refractivity contribution is -0.121. The van der Waals surface area contributed by atoms with Gasteiger partial charge < -0.3 is 86.2 Å². The highest BCUT2D eigenvalue weighted by molar-refractivity contribution is 6.19. The Labute approximate surface area is 609 Å². The predicted molar refractivity (Wildman–Crippen MR) is 406 cm³/mol. The summed E-state index contributed by atoms with van der Waals surface area (Å²) in [7, 11) is 27.9. The fourth-order valence-corrected chi connectivity index (χ4v) is 8.77. The Morgan fingerprint density at radius 1 is 0.480 bits per heavy atom. The fourth-order valence-electron chi connectivity index (χ4n) is 8.77. The molecule has 2 fully saturated rings. The van der Waals surface area contributed by atoms with Gasteiger partial charge in [-0.2, -0.15) is 0 Å². The van der Waals surface area contributed by atoms with Crippen LogP contribution < -0.4 is 5.32 Å². The van der Waals surface area contributed by atoms with Gasteiger partial charge in [-0.1, -0.05) is 39.3 Å². The van der Waals surface area contributed by atoms with Crippen LogP contribution in [0, 0.1) is 0 Å². The Kier molecular flexibility index (Phi) is 69.6. The van der Waals surface area contributed by atoms with E-state index >= 15 is 0 Å². The van der Waals surface area contributed by atoms with Crippen LogP contribution in [0.15, 0.2) is 0 Å². The third-order valence-electron chi connectivity index (χ3n) is 12.9. The molecule has 2 aliphatic heterocycles. The van der Waals surface area contributed by atoms with Crippen LogP contribution in [0.4, 0.5) is 0 Å². The van der Waals surface area contributed by atoms with E-state index in [2.05, 4.69) is 74.6 Å². The SMILES string of the molecule is CCCC(CCOC(C)C)OC(C)C.CCCC(COC(C)C)OC(C)C.[B]CC(=O)NC(COC(C)C)COC(C)C.[B]CC(C)(COC(C)C)OC(C)C.[B]CC(COC(C)C)OC(C)C.[B][C@@H]1OCC(OC(C)C)[C@@H]1OC(C)C.[B][C@@H]1O[C@H](COC(C)C)C(O)[C@@H]1OC(C)C. The molecule has 0 aromatic rings. The van der Waals surface area contributed by atoms with Crippen LogP contribution >= 0.6 is 0 Å². The van der Waals surface area contributed by atoms with Crippen molar-refractivity contribution in [3.8, 4) is 0 Å². The molecule has 2 N–H and O–H groups in total. The molecule has 2 saturated heterocycles. The van der Waals surface area contributed by atoms with Gasteiger partial charge in [0, 0.05) is 18.6 Å². The zero-order valence-corrected chi connectivity index (χ0v) is 68.5. The lowest BCUT2D eigenvalue weighted by atomic mass is 9.88. The maximum absolute atomic E-state index is 11.2. The molecule has 10 radical (unpaired) electrons. The molecule has 11 atom stereocenters. The lowest BCUT2D eigenvalue weighted by Crippen LogP contribution is -2.42.